The summed E-state index contributed by atoms with van der Waals surface area (Å²) in [4.78, 5) is 10.3. The lowest BCUT2D eigenvalue weighted by Gasteiger charge is -2.17. The van der Waals surface area contributed by atoms with E-state index in [0.717, 1.165) is 16.3 Å². The van der Waals surface area contributed by atoms with Crippen LogP contribution >= 0.6 is 11.3 Å². The SMILES string of the molecule is CC(C)(C)c1cnc2sc(C3CC3)nc2c1. The first-order valence-corrected chi connectivity index (χ1v) is 6.62. The van der Waals surface area contributed by atoms with E-state index in [-0.39, 0.29) is 5.41 Å². The molecule has 0 amide bonds. The van der Waals surface area contributed by atoms with E-state index in [1.54, 1.807) is 11.3 Å². The topological polar surface area (TPSA) is 25.8 Å². The molecule has 2 heterocycles. The molecule has 0 aliphatic heterocycles. The van der Waals surface area contributed by atoms with Crippen LogP contribution in [-0.2, 0) is 5.41 Å². The molecule has 2 aromatic rings. The van der Waals surface area contributed by atoms with E-state index < -0.39 is 0 Å². The van der Waals surface area contributed by atoms with E-state index in [9.17, 15) is 0 Å². The monoisotopic (exact) mass is 232 g/mol. The zero-order valence-corrected chi connectivity index (χ0v) is 10.8. The summed E-state index contributed by atoms with van der Waals surface area (Å²) in [5.41, 5.74) is 2.51. The van der Waals surface area contributed by atoms with Crippen molar-refractivity contribution in [2.24, 2.45) is 0 Å². The van der Waals surface area contributed by atoms with Crippen molar-refractivity contribution in [3.05, 3.63) is 22.8 Å². The lowest BCUT2D eigenvalue weighted by atomic mass is 9.88. The highest BCUT2D eigenvalue weighted by molar-refractivity contribution is 7.18. The zero-order valence-electron chi connectivity index (χ0n) is 9.95. The quantitative estimate of drug-likeness (QED) is 0.746. The zero-order chi connectivity index (χ0) is 11.3. The molecule has 16 heavy (non-hydrogen) atoms. The minimum absolute atomic E-state index is 0.157. The number of hydrogen-bond donors (Lipinski definition) is 0. The van der Waals surface area contributed by atoms with Gasteiger partial charge in [-0.3, -0.25) is 0 Å². The highest BCUT2D eigenvalue weighted by atomic mass is 32.1. The highest BCUT2D eigenvalue weighted by Gasteiger charge is 2.27. The molecule has 0 radical (unpaired) electrons. The second-order valence-corrected chi connectivity index (χ2v) is 6.63. The van der Waals surface area contributed by atoms with Crippen molar-refractivity contribution in [3.63, 3.8) is 0 Å². The molecule has 3 heteroatoms. The van der Waals surface area contributed by atoms with Gasteiger partial charge in [0.2, 0.25) is 0 Å². The van der Waals surface area contributed by atoms with E-state index in [2.05, 4.69) is 31.8 Å². The van der Waals surface area contributed by atoms with Crippen LogP contribution in [0, 0.1) is 0 Å². The smallest absolute Gasteiger partial charge is 0.143 e. The van der Waals surface area contributed by atoms with Crippen LogP contribution in [0.15, 0.2) is 12.3 Å². The van der Waals surface area contributed by atoms with E-state index in [4.69, 9.17) is 4.98 Å². The summed E-state index contributed by atoms with van der Waals surface area (Å²) in [6, 6.07) is 2.20. The molecule has 84 valence electrons. The van der Waals surface area contributed by atoms with Gasteiger partial charge in [0.15, 0.2) is 0 Å². The standard InChI is InChI=1S/C13H16N2S/c1-13(2,3)9-6-10-12(14-7-9)16-11(15-10)8-4-5-8/h6-8H,4-5H2,1-3H3. The molecule has 0 bridgehead atoms. The van der Waals surface area contributed by atoms with Gasteiger partial charge >= 0.3 is 0 Å². The van der Waals surface area contributed by atoms with Gasteiger partial charge in [0, 0.05) is 12.1 Å². The normalized spacial score (nSPS) is 16.9. The number of thiazole rings is 1. The van der Waals surface area contributed by atoms with E-state index >= 15 is 0 Å². The van der Waals surface area contributed by atoms with Crippen LogP contribution in [-0.4, -0.2) is 9.97 Å². The maximum absolute atomic E-state index is 4.70. The fraction of sp³-hybridized carbons (Fsp3) is 0.538. The van der Waals surface area contributed by atoms with Crippen LogP contribution < -0.4 is 0 Å². The Morgan fingerprint density at radius 2 is 2.06 bits per heavy atom. The first-order valence-electron chi connectivity index (χ1n) is 5.81. The van der Waals surface area contributed by atoms with Crippen molar-refractivity contribution in [2.75, 3.05) is 0 Å². The van der Waals surface area contributed by atoms with Crippen LogP contribution in [0.5, 0.6) is 0 Å². The Morgan fingerprint density at radius 1 is 1.31 bits per heavy atom. The molecule has 0 spiro atoms. The molecule has 1 saturated carbocycles. The molecule has 1 aliphatic carbocycles. The Balaban J connectivity index is 2.10. The van der Waals surface area contributed by atoms with Crippen molar-refractivity contribution in [3.8, 4) is 0 Å². The lowest BCUT2D eigenvalue weighted by Crippen LogP contribution is -2.11. The number of rotatable bonds is 1. The Morgan fingerprint density at radius 3 is 2.69 bits per heavy atom. The van der Waals surface area contributed by atoms with Gasteiger partial charge in [-0.25, -0.2) is 9.97 Å². The molecule has 0 N–H and O–H groups in total. The summed E-state index contributed by atoms with van der Waals surface area (Å²) in [7, 11) is 0. The molecule has 0 aromatic carbocycles. The Kier molecular flexibility index (Phi) is 2.08. The van der Waals surface area contributed by atoms with Gasteiger partial charge in [0.1, 0.15) is 10.3 Å². The average Bonchev–Trinajstić information content (AvgIpc) is 2.96. The molecule has 1 aliphatic rings. The summed E-state index contributed by atoms with van der Waals surface area (Å²) in [5.74, 6) is 0.734. The van der Waals surface area contributed by atoms with Crippen LogP contribution in [0.1, 0.15) is 50.1 Å². The van der Waals surface area contributed by atoms with Crippen LogP contribution in [0.4, 0.5) is 0 Å². The summed E-state index contributed by atoms with van der Waals surface area (Å²) in [6.07, 6.45) is 4.62. The van der Waals surface area contributed by atoms with Gasteiger partial charge in [-0.15, -0.1) is 0 Å². The maximum atomic E-state index is 4.70. The van der Waals surface area contributed by atoms with E-state index in [0.29, 0.717) is 0 Å². The average molecular weight is 232 g/mol. The molecule has 2 aromatic heterocycles. The fourth-order valence-electron chi connectivity index (χ4n) is 1.75. The highest BCUT2D eigenvalue weighted by Crippen LogP contribution is 2.43. The van der Waals surface area contributed by atoms with Gasteiger partial charge in [0.05, 0.1) is 5.01 Å². The predicted molar refractivity (Wildman–Crippen MR) is 68.1 cm³/mol. The third-order valence-electron chi connectivity index (χ3n) is 3.06. The van der Waals surface area contributed by atoms with Crippen molar-refractivity contribution >= 4 is 21.7 Å². The number of aromatic nitrogens is 2. The van der Waals surface area contributed by atoms with Gasteiger partial charge in [-0.05, 0) is 29.9 Å². The van der Waals surface area contributed by atoms with Gasteiger partial charge in [-0.2, -0.15) is 0 Å². The van der Waals surface area contributed by atoms with Gasteiger partial charge in [0.25, 0.3) is 0 Å². The fourth-order valence-corrected chi connectivity index (χ4v) is 2.81. The number of nitrogens with zero attached hydrogens (tertiary/aromatic N) is 2. The third-order valence-corrected chi connectivity index (χ3v) is 4.20. The first-order chi connectivity index (χ1) is 7.54. The maximum Gasteiger partial charge on any atom is 0.143 e. The number of fused-ring (bicyclic) bond motifs is 1. The van der Waals surface area contributed by atoms with Crippen LogP contribution in [0.25, 0.3) is 10.3 Å². The third kappa shape index (κ3) is 1.73. The summed E-state index contributed by atoms with van der Waals surface area (Å²) >= 11 is 1.76. The predicted octanol–water partition coefficient (Wildman–Crippen LogP) is 3.87. The first kappa shape index (κ1) is 10.2. The number of hydrogen-bond acceptors (Lipinski definition) is 3. The van der Waals surface area contributed by atoms with Crippen LogP contribution in [0.3, 0.4) is 0 Å². The Bertz CT molecular complexity index is 532. The number of pyridine rings is 1. The van der Waals surface area contributed by atoms with Crippen molar-refractivity contribution in [1.82, 2.24) is 9.97 Å². The van der Waals surface area contributed by atoms with E-state index in [1.165, 1.54) is 23.4 Å². The molecular formula is C13H16N2S. The Hall–Kier alpha value is -0.960. The summed E-state index contributed by atoms with van der Waals surface area (Å²) in [5, 5.41) is 1.29. The Labute approximate surface area is 99.7 Å². The van der Waals surface area contributed by atoms with Crippen molar-refractivity contribution < 1.29 is 0 Å². The second-order valence-electron chi connectivity index (χ2n) is 5.62. The van der Waals surface area contributed by atoms with Crippen molar-refractivity contribution in [2.45, 2.75) is 44.9 Å². The molecule has 1 fully saturated rings. The summed E-state index contributed by atoms with van der Waals surface area (Å²) < 4.78 is 0. The molecule has 0 saturated heterocycles. The molecule has 3 rings (SSSR count). The van der Waals surface area contributed by atoms with Crippen molar-refractivity contribution in [1.29, 1.82) is 0 Å². The lowest BCUT2D eigenvalue weighted by molar-refractivity contribution is 0.588. The van der Waals surface area contributed by atoms with Gasteiger partial charge < -0.3 is 0 Å². The minimum atomic E-state index is 0.157. The molecule has 0 unspecified atom stereocenters. The second kappa shape index (κ2) is 3.27. The summed E-state index contributed by atoms with van der Waals surface area (Å²) in [6.45, 7) is 6.64. The largest absolute Gasteiger partial charge is 0.243 e. The molecule has 0 atom stereocenters. The van der Waals surface area contributed by atoms with E-state index in [1.807, 2.05) is 6.20 Å². The van der Waals surface area contributed by atoms with Crippen LogP contribution in [0.2, 0.25) is 0 Å². The molecular weight excluding hydrogens is 216 g/mol. The van der Waals surface area contributed by atoms with Gasteiger partial charge in [-0.1, -0.05) is 32.1 Å². The molecule has 2 nitrogen and oxygen atoms in total. The minimum Gasteiger partial charge on any atom is -0.243 e.